The van der Waals surface area contributed by atoms with Crippen LogP contribution in [0.2, 0.25) is 0 Å². The number of hydrogen-bond acceptors (Lipinski definition) is 3. The first-order valence-corrected chi connectivity index (χ1v) is 7.02. The number of aromatic nitrogens is 2. The maximum atomic E-state index is 10.4. The van der Waals surface area contributed by atoms with Gasteiger partial charge in [0.1, 0.15) is 9.53 Å². The molecule has 0 spiro atoms. The number of imidazole rings is 1. The molecule has 0 radical (unpaired) electrons. The van der Waals surface area contributed by atoms with Gasteiger partial charge in [0.15, 0.2) is 0 Å². The molecular formula is C11H16IN3O3. The Labute approximate surface area is 119 Å². The third-order valence-electron chi connectivity index (χ3n) is 2.99. The number of nitrogens with one attached hydrogen (secondary N) is 1. The van der Waals surface area contributed by atoms with E-state index < -0.39 is 6.09 Å². The third-order valence-corrected chi connectivity index (χ3v) is 3.51. The lowest BCUT2D eigenvalue weighted by Gasteiger charge is -2.22. The number of carbonyl (C=O) groups is 1. The molecule has 7 heteroatoms. The molecule has 100 valence electrons. The summed E-state index contributed by atoms with van der Waals surface area (Å²) in [5.74, 6) is 1.47. The fourth-order valence-corrected chi connectivity index (χ4v) is 2.72. The Bertz CT molecular complexity index is 416. The van der Waals surface area contributed by atoms with Crippen LogP contribution in [-0.4, -0.2) is 40.5 Å². The number of ether oxygens (including phenoxy) is 1. The van der Waals surface area contributed by atoms with Crippen LogP contribution in [-0.2, 0) is 11.3 Å². The van der Waals surface area contributed by atoms with E-state index in [1.54, 1.807) is 0 Å². The first kappa shape index (κ1) is 13.6. The molecule has 1 aromatic heterocycles. The minimum atomic E-state index is -0.988. The van der Waals surface area contributed by atoms with Crippen LogP contribution >= 0.6 is 22.6 Å². The van der Waals surface area contributed by atoms with E-state index in [2.05, 4.69) is 32.9 Å². The van der Waals surface area contributed by atoms with Gasteiger partial charge in [-0.15, -0.1) is 0 Å². The van der Waals surface area contributed by atoms with Crippen molar-refractivity contribution in [1.82, 2.24) is 14.9 Å². The predicted molar refractivity (Wildman–Crippen MR) is 73.8 cm³/mol. The Morgan fingerprint density at radius 3 is 3.00 bits per heavy atom. The fourth-order valence-electron chi connectivity index (χ4n) is 2.14. The fraction of sp³-hybridized carbons (Fsp3) is 0.636. The zero-order chi connectivity index (χ0) is 13.0. The number of carboxylic acid groups (broad SMARTS) is 1. The van der Waals surface area contributed by atoms with Crippen LogP contribution in [0, 0.1) is 3.70 Å². The lowest BCUT2D eigenvalue weighted by atomic mass is 9.99. The van der Waals surface area contributed by atoms with E-state index >= 15 is 0 Å². The van der Waals surface area contributed by atoms with Crippen LogP contribution in [0.5, 0.6) is 0 Å². The van der Waals surface area contributed by atoms with Gasteiger partial charge in [-0.2, -0.15) is 0 Å². The van der Waals surface area contributed by atoms with Gasteiger partial charge in [0.2, 0.25) is 0 Å². The van der Waals surface area contributed by atoms with E-state index in [9.17, 15) is 4.79 Å². The molecule has 0 unspecified atom stereocenters. The second-order valence-electron chi connectivity index (χ2n) is 4.23. The molecule has 1 fully saturated rings. The topological polar surface area (TPSA) is 76.4 Å². The van der Waals surface area contributed by atoms with Crippen molar-refractivity contribution in [3.05, 3.63) is 15.7 Å². The molecule has 0 atom stereocenters. The van der Waals surface area contributed by atoms with Gasteiger partial charge in [0.25, 0.3) is 0 Å². The number of amides is 1. The quantitative estimate of drug-likeness (QED) is 0.796. The second kappa shape index (κ2) is 6.37. The molecule has 0 bridgehead atoms. The lowest BCUT2D eigenvalue weighted by molar-refractivity contribution is 0.0828. The highest BCUT2D eigenvalue weighted by molar-refractivity contribution is 14.1. The summed E-state index contributed by atoms with van der Waals surface area (Å²) in [6.45, 7) is 2.58. The molecule has 1 aliphatic rings. The van der Waals surface area contributed by atoms with Gasteiger partial charge < -0.3 is 19.7 Å². The first-order valence-electron chi connectivity index (χ1n) is 5.94. The molecule has 1 saturated heterocycles. The van der Waals surface area contributed by atoms with Crippen molar-refractivity contribution < 1.29 is 14.6 Å². The Morgan fingerprint density at radius 2 is 2.33 bits per heavy atom. The average Bonchev–Trinajstić information content (AvgIpc) is 2.71. The van der Waals surface area contributed by atoms with Gasteiger partial charge >= 0.3 is 6.09 Å². The average molecular weight is 365 g/mol. The predicted octanol–water partition coefficient (Wildman–Crippen LogP) is 1.65. The molecule has 1 aliphatic heterocycles. The van der Waals surface area contributed by atoms with Crippen LogP contribution in [0.25, 0.3) is 0 Å². The molecule has 0 saturated carbocycles. The van der Waals surface area contributed by atoms with E-state index in [0.717, 1.165) is 35.6 Å². The number of hydrogen-bond donors (Lipinski definition) is 2. The minimum Gasteiger partial charge on any atom is -0.465 e. The summed E-state index contributed by atoms with van der Waals surface area (Å²) in [7, 11) is 0. The minimum absolute atomic E-state index is 0.401. The SMILES string of the molecule is O=C(O)NCCn1cc(I)nc1C1CCOCC1. The van der Waals surface area contributed by atoms with Crippen LogP contribution in [0.1, 0.15) is 24.6 Å². The Morgan fingerprint density at radius 1 is 1.61 bits per heavy atom. The molecule has 0 aromatic carbocycles. The Kier molecular flexibility index (Phi) is 4.81. The highest BCUT2D eigenvalue weighted by Crippen LogP contribution is 2.26. The summed E-state index contributed by atoms with van der Waals surface area (Å²) in [6, 6.07) is 0. The van der Waals surface area contributed by atoms with E-state index in [1.807, 2.05) is 10.8 Å². The van der Waals surface area contributed by atoms with Crippen molar-refractivity contribution in [2.24, 2.45) is 0 Å². The summed E-state index contributed by atoms with van der Waals surface area (Å²) in [5.41, 5.74) is 0. The molecule has 0 aliphatic carbocycles. The molecule has 2 N–H and O–H groups in total. The summed E-state index contributed by atoms with van der Waals surface area (Å²) in [4.78, 5) is 15.0. The lowest BCUT2D eigenvalue weighted by Crippen LogP contribution is -2.26. The molecular weight excluding hydrogens is 349 g/mol. The van der Waals surface area contributed by atoms with Crippen molar-refractivity contribution in [2.75, 3.05) is 19.8 Å². The molecule has 6 nitrogen and oxygen atoms in total. The van der Waals surface area contributed by atoms with Crippen molar-refractivity contribution in [3.8, 4) is 0 Å². The third kappa shape index (κ3) is 3.58. The van der Waals surface area contributed by atoms with Gasteiger partial charge in [-0.3, -0.25) is 0 Å². The summed E-state index contributed by atoms with van der Waals surface area (Å²) in [6.07, 6.45) is 2.95. The van der Waals surface area contributed by atoms with E-state index in [-0.39, 0.29) is 0 Å². The molecule has 1 aromatic rings. The standard InChI is InChI=1S/C11H16IN3O3/c12-9-7-15(4-3-13-11(16)17)10(14-9)8-1-5-18-6-2-8/h7-8,13H,1-6H2,(H,16,17). The van der Waals surface area contributed by atoms with Crippen molar-refractivity contribution in [1.29, 1.82) is 0 Å². The summed E-state index contributed by atoms with van der Waals surface area (Å²) < 4.78 is 8.35. The molecule has 2 heterocycles. The van der Waals surface area contributed by atoms with Gasteiger partial charge in [-0.1, -0.05) is 0 Å². The highest BCUT2D eigenvalue weighted by Gasteiger charge is 2.21. The molecule has 1 amide bonds. The summed E-state index contributed by atoms with van der Waals surface area (Å²) in [5, 5.41) is 10.9. The Balaban J connectivity index is 2.02. The van der Waals surface area contributed by atoms with Crippen molar-refractivity contribution in [2.45, 2.75) is 25.3 Å². The molecule has 18 heavy (non-hydrogen) atoms. The van der Waals surface area contributed by atoms with E-state index in [4.69, 9.17) is 9.84 Å². The molecule has 2 rings (SSSR count). The highest BCUT2D eigenvalue weighted by atomic mass is 127. The van der Waals surface area contributed by atoms with Gasteiger partial charge in [0, 0.05) is 38.4 Å². The van der Waals surface area contributed by atoms with Crippen LogP contribution in [0.15, 0.2) is 6.20 Å². The van der Waals surface area contributed by atoms with Crippen LogP contribution in [0.4, 0.5) is 4.79 Å². The van der Waals surface area contributed by atoms with E-state index in [0.29, 0.717) is 19.0 Å². The van der Waals surface area contributed by atoms with Crippen molar-refractivity contribution >= 4 is 28.7 Å². The summed E-state index contributed by atoms with van der Waals surface area (Å²) >= 11 is 2.19. The van der Waals surface area contributed by atoms with Crippen LogP contribution in [0.3, 0.4) is 0 Å². The van der Waals surface area contributed by atoms with Crippen molar-refractivity contribution in [3.63, 3.8) is 0 Å². The second-order valence-corrected chi connectivity index (χ2v) is 5.34. The van der Waals surface area contributed by atoms with Gasteiger partial charge in [-0.25, -0.2) is 9.78 Å². The maximum absolute atomic E-state index is 10.4. The monoisotopic (exact) mass is 365 g/mol. The largest absolute Gasteiger partial charge is 0.465 e. The maximum Gasteiger partial charge on any atom is 0.404 e. The number of nitrogens with zero attached hydrogens (tertiary/aromatic N) is 2. The smallest absolute Gasteiger partial charge is 0.404 e. The number of halogens is 1. The zero-order valence-corrected chi connectivity index (χ0v) is 12.1. The van der Waals surface area contributed by atoms with Gasteiger partial charge in [-0.05, 0) is 35.4 Å². The van der Waals surface area contributed by atoms with Crippen LogP contribution < -0.4 is 5.32 Å². The first-order chi connectivity index (χ1) is 8.66. The number of rotatable bonds is 4. The zero-order valence-electron chi connectivity index (χ0n) is 9.93. The van der Waals surface area contributed by atoms with E-state index in [1.165, 1.54) is 0 Å². The van der Waals surface area contributed by atoms with Gasteiger partial charge in [0.05, 0.1) is 0 Å². The Hall–Kier alpha value is -0.830. The normalized spacial score (nSPS) is 16.7.